The van der Waals surface area contributed by atoms with Crippen LogP contribution in [-0.2, 0) is 0 Å². The number of thiazole rings is 1. The van der Waals surface area contributed by atoms with E-state index < -0.39 is 0 Å². The van der Waals surface area contributed by atoms with Crippen molar-refractivity contribution in [2.24, 2.45) is 5.92 Å². The number of aromatic nitrogens is 1. The maximum atomic E-state index is 12.4. The van der Waals surface area contributed by atoms with E-state index in [0.29, 0.717) is 16.1 Å². The summed E-state index contributed by atoms with van der Waals surface area (Å²) in [6.07, 6.45) is 6.50. The molecule has 0 bridgehead atoms. The molecule has 3 heterocycles. The second-order valence-corrected chi connectivity index (χ2v) is 7.24. The molecular weight excluding hydrogens is 284 g/mol. The average Bonchev–Trinajstić information content (AvgIpc) is 3.17. The Morgan fingerprint density at radius 1 is 1.33 bits per heavy atom. The summed E-state index contributed by atoms with van der Waals surface area (Å²) >= 11 is 1.28. The van der Waals surface area contributed by atoms with Crippen LogP contribution in [0.15, 0.2) is 6.20 Å². The zero-order valence-corrected chi connectivity index (χ0v) is 13.4. The van der Waals surface area contributed by atoms with Crippen molar-refractivity contribution in [2.75, 3.05) is 31.9 Å². The molecule has 0 spiro atoms. The third-order valence-corrected chi connectivity index (χ3v) is 5.77. The topological polar surface area (TPSA) is 62.5 Å². The first-order valence-electron chi connectivity index (χ1n) is 7.90. The zero-order valence-electron chi connectivity index (χ0n) is 12.6. The molecule has 0 aromatic carbocycles. The number of hydrogen-bond acceptors (Lipinski definition) is 5. The van der Waals surface area contributed by atoms with E-state index in [4.69, 9.17) is 5.73 Å². The van der Waals surface area contributed by atoms with Gasteiger partial charge in [-0.1, -0.05) is 11.3 Å². The van der Waals surface area contributed by atoms with Gasteiger partial charge in [0.15, 0.2) is 5.13 Å². The largest absolute Gasteiger partial charge is 0.375 e. The fraction of sp³-hybridized carbons (Fsp3) is 0.733. The lowest BCUT2D eigenvalue weighted by Crippen LogP contribution is -2.44. The van der Waals surface area contributed by atoms with Crippen LogP contribution in [0.4, 0.5) is 5.13 Å². The van der Waals surface area contributed by atoms with Crippen molar-refractivity contribution < 1.29 is 4.79 Å². The zero-order chi connectivity index (χ0) is 14.8. The van der Waals surface area contributed by atoms with Crippen LogP contribution in [0.1, 0.15) is 42.3 Å². The lowest BCUT2D eigenvalue weighted by molar-refractivity contribution is 0.0628. The molecule has 1 atom stereocenters. The molecule has 1 amide bonds. The fourth-order valence-corrected chi connectivity index (χ4v) is 4.23. The smallest absolute Gasteiger partial charge is 0.265 e. The summed E-state index contributed by atoms with van der Waals surface area (Å²) < 4.78 is 0. The molecule has 2 aliphatic heterocycles. The predicted octanol–water partition coefficient (Wildman–Crippen LogP) is 2.06. The summed E-state index contributed by atoms with van der Waals surface area (Å²) in [5.41, 5.74) is 5.61. The summed E-state index contributed by atoms with van der Waals surface area (Å²) in [6.45, 7) is 6.58. The van der Waals surface area contributed by atoms with Crippen molar-refractivity contribution in [3.05, 3.63) is 11.1 Å². The third kappa shape index (κ3) is 3.21. The van der Waals surface area contributed by atoms with Gasteiger partial charge in [-0.05, 0) is 51.6 Å². The number of nitrogens with two attached hydrogens (primary N) is 1. The summed E-state index contributed by atoms with van der Waals surface area (Å²) in [5.74, 6) is 0.815. The molecule has 1 aromatic heterocycles. The first kappa shape index (κ1) is 14.8. The van der Waals surface area contributed by atoms with E-state index in [1.54, 1.807) is 6.20 Å². The van der Waals surface area contributed by atoms with Gasteiger partial charge in [-0.2, -0.15) is 0 Å². The number of rotatable bonds is 3. The predicted molar refractivity (Wildman–Crippen MR) is 85.4 cm³/mol. The van der Waals surface area contributed by atoms with Crippen molar-refractivity contribution >= 4 is 22.4 Å². The van der Waals surface area contributed by atoms with Gasteiger partial charge in [0.25, 0.3) is 5.91 Å². The minimum Gasteiger partial charge on any atom is -0.375 e. The van der Waals surface area contributed by atoms with Crippen molar-refractivity contribution in [1.82, 2.24) is 14.8 Å². The van der Waals surface area contributed by atoms with E-state index in [-0.39, 0.29) is 5.91 Å². The molecule has 21 heavy (non-hydrogen) atoms. The molecule has 2 saturated heterocycles. The molecule has 0 radical (unpaired) electrons. The van der Waals surface area contributed by atoms with Crippen LogP contribution in [0.2, 0.25) is 0 Å². The summed E-state index contributed by atoms with van der Waals surface area (Å²) in [4.78, 5) is 21.6. The van der Waals surface area contributed by atoms with Crippen LogP contribution in [0, 0.1) is 5.92 Å². The Morgan fingerprint density at radius 2 is 2.00 bits per heavy atom. The number of carbonyl (C=O) groups excluding carboxylic acids is 1. The Hall–Kier alpha value is -1.14. The molecule has 0 saturated carbocycles. The van der Waals surface area contributed by atoms with E-state index in [2.05, 4.69) is 16.8 Å². The van der Waals surface area contributed by atoms with Crippen molar-refractivity contribution in [3.8, 4) is 0 Å². The molecule has 116 valence electrons. The molecule has 1 unspecified atom stereocenters. The van der Waals surface area contributed by atoms with Gasteiger partial charge in [-0.15, -0.1) is 0 Å². The molecule has 6 heteroatoms. The number of anilines is 1. The number of hydrogen-bond donors (Lipinski definition) is 1. The van der Waals surface area contributed by atoms with Gasteiger partial charge in [0.1, 0.15) is 4.88 Å². The molecule has 3 rings (SSSR count). The maximum absolute atomic E-state index is 12.4. The Labute approximate surface area is 130 Å². The highest BCUT2D eigenvalue weighted by Crippen LogP contribution is 2.27. The monoisotopic (exact) mass is 308 g/mol. The lowest BCUT2D eigenvalue weighted by Gasteiger charge is -2.38. The van der Waals surface area contributed by atoms with E-state index >= 15 is 0 Å². The van der Waals surface area contributed by atoms with Crippen LogP contribution >= 0.6 is 11.3 Å². The maximum Gasteiger partial charge on any atom is 0.265 e. The standard InChI is InChI=1S/C15H24N4OS/c1-11(18-6-2-3-7-18)12-4-8-19(9-5-12)14(20)13-10-17-15(16)21-13/h10-12H,2-9H2,1H3,(H2,16,17). The Morgan fingerprint density at radius 3 is 2.57 bits per heavy atom. The third-order valence-electron chi connectivity index (χ3n) is 4.96. The van der Waals surface area contributed by atoms with Gasteiger partial charge < -0.3 is 15.5 Å². The van der Waals surface area contributed by atoms with Gasteiger partial charge in [-0.3, -0.25) is 4.79 Å². The molecule has 2 N–H and O–H groups in total. The summed E-state index contributed by atoms with van der Waals surface area (Å²) in [6, 6.07) is 0.656. The molecule has 1 aromatic rings. The van der Waals surface area contributed by atoms with E-state index in [9.17, 15) is 4.79 Å². The van der Waals surface area contributed by atoms with Gasteiger partial charge in [-0.25, -0.2) is 4.98 Å². The molecule has 0 aliphatic carbocycles. The number of amides is 1. The highest BCUT2D eigenvalue weighted by Gasteiger charge is 2.31. The van der Waals surface area contributed by atoms with Gasteiger partial charge in [0.2, 0.25) is 0 Å². The molecule has 2 fully saturated rings. The van der Waals surface area contributed by atoms with Crippen molar-refractivity contribution in [1.29, 1.82) is 0 Å². The van der Waals surface area contributed by atoms with Gasteiger partial charge in [0.05, 0.1) is 6.20 Å². The molecule has 5 nitrogen and oxygen atoms in total. The Bertz CT molecular complexity index is 490. The number of likely N-dealkylation sites (tertiary alicyclic amines) is 2. The van der Waals surface area contributed by atoms with Crippen LogP contribution in [-0.4, -0.2) is 52.9 Å². The molecule has 2 aliphatic rings. The van der Waals surface area contributed by atoms with Crippen LogP contribution < -0.4 is 5.73 Å². The van der Waals surface area contributed by atoms with Gasteiger partial charge in [0, 0.05) is 19.1 Å². The fourth-order valence-electron chi connectivity index (χ4n) is 3.57. The van der Waals surface area contributed by atoms with Crippen molar-refractivity contribution in [2.45, 2.75) is 38.6 Å². The average molecular weight is 308 g/mol. The number of piperidine rings is 1. The van der Waals surface area contributed by atoms with E-state index in [1.807, 2.05) is 4.90 Å². The molecular formula is C15H24N4OS. The van der Waals surface area contributed by atoms with E-state index in [1.165, 1.54) is 37.3 Å². The van der Waals surface area contributed by atoms with Crippen molar-refractivity contribution in [3.63, 3.8) is 0 Å². The Kier molecular flexibility index (Phi) is 4.45. The first-order valence-corrected chi connectivity index (χ1v) is 8.71. The van der Waals surface area contributed by atoms with Crippen LogP contribution in [0.25, 0.3) is 0 Å². The minimum atomic E-state index is 0.0940. The normalized spacial score (nSPS) is 22.6. The quantitative estimate of drug-likeness (QED) is 0.928. The number of carbonyl (C=O) groups is 1. The van der Waals surface area contributed by atoms with Gasteiger partial charge >= 0.3 is 0 Å². The van der Waals surface area contributed by atoms with E-state index in [0.717, 1.165) is 31.8 Å². The minimum absolute atomic E-state index is 0.0940. The second-order valence-electron chi connectivity index (χ2n) is 6.18. The number of nitrogen functional groups attached to an aromatic ring is 1. The number of nitrogens with zero attached hydrogens (tertiary/aromatic N) is 3. The van der Waals surface area contributed by atoms with Crippen LogP contribution in [0.5, 0.6) is 0 Å². The van der Waals surface area contributed by atoms with Crippen LogP contribution in [0.3, 0.4) is 0 Å². The summed E-state index contributed by atoms with van der Waals surface area (Å²) in [7, 11) is 0. The highest BCUT2D eigenvalue weighted by molar-refractivity contribution is 7.17. The SMILES string of the molecule is CC(C1CCN(C(=O)c2cnc(N)s2)CC1)N1CCCC1. The lowest BCUT2D eigenvalue weighted by atomic mass is 9.89. The summed E-state index contributed by atoms with van der Waals surface area (Å²) in [5, 5.41) is 0.468. The highest BCUT2D eigenvalue weighted by atomic mass is 32.1. The second kappa shape index (κ2) is 6.32. The first-order chi connectivity index (χ1) is 10.1. The Balaban J connectivity index is 1.53.